The fraction of sp³-hybridized carbons (Fsp3) is 1.00. The van der Waals surface area contributed by atoms with Crippen LogP contribution < -0.4 is 5.64 Å². The molecule has 0 aliphatic carbocycles. The summed E-state index contributed by atoms with van der Waals surface area (Å²) in [6.07, 6.45) is 0. The lowest BCUT2D eigenvalue weighted by atomic mass is 9.88. The van der Waals surface area contributed by atoms with Crippen molar-refractivity contribution in [2.75, 3.05) is 0 Å². The molecule has 0 spiro atoms. The van der Waals surface area contributed by atoms with Crippen molar-refractivity contribution in [3.8, 4) is 0 Å². The van der Waals surface area contributed by atoms with E-state index in [1.165, 1.54) is 0 Å². The lowest BCUT2D eigenvalue weighted by Gasteiger charge is -2.37. The maximum atomic E-state index is 9.50. The summed E-state index contributed by atoms with van der Waals surface area (Å²) in [6.45, 7) is 6.50. The highest BCUT2D eigenvalue weighted by atomic mass is 16.6. The van der Waals surface area contributed by atoms with Crippen molar-refractivity contribution in [3.05, 3.63) is 0 Å². The van der Waals surface area contributed by atoms with Crippen LogP contribution in [0, 0.1) is 0 Å². The van der Waals surface area contributed by atoms with Gasteiger partial charge in [-0.3, -0.25) is 0 Å². The molecule has 0 atom stereocenters. The van der Waals surface area contributed by atoms with E-state index in [1.54, 1.807) is 27.7 Å². The van der Waals surface area contributed by atoms with Gasteiger partial charge in [-0.25, -0.2) is 0 Å². The van der Waals surface area contributed by atoms with E-state index in [-0.39, 0.29) is 0 Å². The molecular weight excluding hydrogens is 145 g/mol. The molecule has 0 aromatic rings. The number of hydrogen-bond acceptors (Lipinski definition) is 4. The number of rotatable bonds is 3. The minimum absolute atomic E-state index is 0.860. The summed E-state index contributed by atoms with van der Waals surface area (Å²) in [7, 11) is -1.35. The Morgan fingerprint density at radius 1 is 1.27 bits per heavy atom. The van der Waals surface area contributed by atoms with Gasteiger partial charge in [-0.1, -0.05) is 0 Å². The topological polar surface area (TPSA) is 75.7 Å². The van der Waals surface area contributed by atoms with E-state index < -0.39 is 18.5 Å². The molecule has 0 saturated carbocycles. The standard InChI is InChI=1S/C6H16BNO3/c1-5(2,9)6(3,4)11-7(8)10/h9-10H,8H2,1-4H3. The van der Waals surface area contributed by atoms with Crippen LogP contribution in [-0.2, 0) is 4.65 Å². The van der Waals surface area contributed by atoms with E-state index in [2.05, 4.69) is 0 Å². The predicted octanol–water partition coefficient (Wildman–Crippen LogP) is -0.512. The zero-order valence-electron chi connectivity index (χ0n) is 7.46. The summed E-state index contributed by atoms with van der Waals surface area (Å²) in [6, 6.07) is 0. The molecule has 0 aliphatic heterocycles. The van der Waals surface area contributed by atoms with Gasteiger partial charge in [0.2, 0.25) is 0 Å². The summed E-state index contributed by atoms with van der Waals surface area (Å²) in [5.74, 6) is 0. The molecule has 0 aromatic heterocycles. The van der Waals surface area contributed by atoms with Crippen molar-refractivity contribution in [1.29, 1.82) is 0 Å². The first kappa shape index (κ1) is 10.9. The van der Waals surface area contributed by atoms with Crippen molar-refractivity contribution in [2.45, 2.75) is 38.9 Å². The molecule has 0 aliphatic rings. The molecule has 5 heteroatoms. The molecule has 4 nitrogen and oxygen atoms in total. The molecule has 0 heterocycles. The number of aliphatic hydroxyl groups is 1. The Hall–Kier alpha value is -0.0951. The second kappa shape index (κ2) is 3.10. The molecule has 0 rings (SSSR count). The molecule has 0 bridgehead atoms. The molecule has 4 N–H and O–H groups in total. The lowest BCUT2D eigenvalue weighted by molar-refractivity contribution is -0.0999. The van der Waals surface area contributed by atoms with Crippen molar-refractivity contribution < 1.29 is 14.8 Å². The third kappa shape index (κ3) is 3.20. The van der Waals surface area contributed by atoms with Gasteiger partial charge in [0, 0.05) is 0 Å². The first-order valence-corrected chi connectivity index (χ1v) is 3.50. The Morgan fingerprint density at radius 3 is 1.73 bits per heavy atom. The summed E-state index contributed by atoms with van der Waals surface area (Å²) in [5.41, 5.74) is 3.10. The van der Waals surface area contributed by atoms with Crippen molar-refractivity contribution in [2.24, 2.45) is 5.64 Å². The molecular formula is C6H16BNO3. The molecule has 0 fully saturated rings. The van der Waals surface area contributed by atoms with Crippen LogP contribution in [0.25, 0.3) is 0 Å². The largest absolute Gasteiger partial charge is 0.549 e. The smallest absolute Gasteiger partial charge is 0.413 e. The lowest BCUT2D eigenvalue weighted by Crippen LogP contribution is -2.52. The van der Waals surface area contributed by atoms with Gasteiger partial charge < -0.3 is 20.4 Å². The first-order chi connectivity index (χ1) is 4.67. The third-order valence-corrected chi connectivity index (χ3v) is 1.89. The van der Waals surface area contributed by atoms with Gasteiger partial charge in [-0.2, -0.15) is 0 Å². The average molecular weight is 161 g/mol. The van der Waals surface area contributed by atoms with E-state index in [9.17, 15) is 5.11 Å². The fourth-order valence-electron chi connectivity index (χ4n) is 0.446. The van der Waals surface area contributed by atoms with E-state index in [1.807, 2.05) is 0 Å². The van der Waals surface area contributed by atoms with Crippen LogP contribution in [0.15, 0.2) is 0 Å². The number of hydrogen-bond donors (Lipinski definition) is 3. The zero-order chi connectivity index (χ0) is 9.28. The average Bonchev–Trinajstić information content (AvgIpc) is 1.56. The quantitative estimate of drug-likeness (QED) is 0.487. The second-order valence-corrected chi connectivity index (χ2v) is 3.58. The fourth-order valence-corrected chi connectivity index (χ4v) is 0.446. The van der Waals surface area contributed by atoms with Crippen LogP contribution in [0.4, 0.5) is 0 Å². The van der Waals surface area contributed by atoms with Crippen LogP contribution in [0.2, 0.25) is 0 Å². The molecule has 66 valence electrons. The van der Waals surface area contributed by atoms with Crippen molar-refractivity contribution in [3.63, 3.8) is 0 Å². The molecule has 0 aromatic carbocycles. The number of nitrogens with two attached hydrogens (primary N) is 1. The Labute approximate surface area is 67.5 Å². The highest BCUT2D eigenvalue weighted by Crippen LogP contribution is 2.24. The van der Waals surface area contributed by atoms with Gasteiger partial charge in [-0.15, -0.1) is 0 Å². The summed E-state index contributed by atoms with van der Waals surface area (Å²) >= 11 is 0. The van der Waals surface area contributed by atoms with Gasteiger partial charge in [0.25, 0.3) is 0 Å². The van der Waals surface area contributed by atoms with Gasteiger partial charge >= 0.3 is 7.25 Å². The second-order valence-electron chi connectivity index (χ2n) is 3.58. The minimum Gasteiger partial charge on any atom is -0.413 e. The van der Waals surface area contributed by atoms with E-state index >= 15 is 0 Å². The van der Waals surface area contributed by atoms with Crippen LogP contribution in [0.5, 0.6) is 0 Å². The van der Waals surface area contributed by atoms with Crippen molar-refractivity contribution in [1.82, 2.24) is 0 Å². The van der Waals surface area contributed by atoms with Crippen LogP contribution in [0.3, 0.4) is 0 Å². The van der Waals surface area contributed by atoms with Gasteiger partial charge in [0.15, 0.2) is 0 Å². The van der Waals surface area contributed by atoms with Crippen LogP contribution >= 0.6 is 0 Å². The van der Waals surface area contributed by atoms with E-state index in [0.29, 0.717) is 0 Å². The molecule has 0 amide bonds. The van der Waals surface area contributed by atoms with E-state index in [4.69, 9.17) is 15.3 Å². The maximum Gasteiger partial charge on any atom is 0.549 e. The molecule has 0 unspecified atom stereocenters. The Morgan fingerprint density at radius 2 is 1.64 bits per heavy atom. The predicted molar refractivity (Wildman–Crippen MR) is 43.6 cm³/mol. The highest BCUT2D eigenvalue weighted by Gasteiger charge is 2.38. The van der Waals surface area contributed by atoms with Gasteiger partial charge in [-0.05, 0) is 27.7 Å². The molecule has 11 heavy (non-hydrogen) atoms. The Kier molecular flexibility index (Phi) is 3.08. The van der Waals surface area contributed by atoms with E-state index in [0.717, 1.165) is 0 Å². The molecule has 0 saturated heterocycles. The van der Waals surface area contributed by atoms with Gasteiger partial charge in [0.05, 0.1) is 11.2 Å². The normalized spacial score (nSPS) is 13.4. The Bertz CT molecular complexity index is 130. The monoisotopic (exact) mass is 161 g/mol. The maximum absolute atomic E-state index is 9.50. The zero-order valence-corrected chi connectivity index (χ0v) is 7.46. The summed E-state index contributed by atoms with van der Waals surface area (Å²) in [4.78, 5) is 0. The third-order valence-electron chi connectivity index (χ3n) is 1.89. The van der Waals surface area contributed by atoms with Crippen molar-refractivity contribution >= 4 is 7.25 Å². The minimum atomic E-state index is -1.35. The summed E-state index contributed by atoms with van der Waals surface area (Å²) < 4.78 is 4.89. The first-order valence-electron chi connectivity index (χ1n) is 3.50. The molecule has 0 radical (unpaired) electrons. The van der Waals surface area contributed by atoms with Crippen LogP contribution in [-0.4, -0.2) is 28.6 Å². The SMILES string of the molecule is CC(C)(O)C(C)(C)OB(N)O. The Balaban J connectivity index is 4.22. The van der Waals surface area contributed by atoms with Gasteiger partial charge in [0.1, 0.15) is 0 Å². The highest BCUT2D eigenvalue weighted by molar-refractivity contribution is 6.38. The van der Waals surface area contributed by atoms with Crippen LogP contribution in [0.1, 0.15) is 27.7 Å². The summed E-state index contributed by atoms with van der Waals surface area (Å²) in [5, 5.41) is 18.2.